The highest BCUT2D eigenvalue weighted by Gasteiger charge is 2.27. The van der Waals surface area contributed by atoms with Crippen LogP contribution >= 0.6 is 11.6 Å². The number of hydrogen-bond acceptors (Lipinski definition) is 3. The zero-order valence-electron chi connectivity index (χ0n) is 15.8. The smallest absolute Gasteiger partial charge is 0.227 e. The Morgan fingerprint density at radius 2 is 2.04 bits per heavy atom. The number of hydrogen-bond donors (Lipinski definition) is 1. The molecule has 0 saturated carbocycles. The SMILES string of the molecule is CCC1=C(Cl)C(=O)C(NC(=O)C(C)C)=CC1=Nc1ccc2ccn(C)c2c1. The fourth-order valence-corrected chi connectivity index (χ4v) is 3.25. The zero-order chi connectivity index (χ0) is 19.7. The molecule has 1 amide bonds. The Hall–Kier alpha value is -2.66. The molecule has 2 aromatic rings. The molecule has 140 valence electrons. The second-order valence-electron chi connectivity index (χ2n) is 6.84. The van der Waals surface area contributed by atoms with Crippen molar-refractivity contribution < 1.29 is 9.59 Å². The number of halogens is 1. The molecule has 6 heteroatoms. The van der Waals surface area contributed by atoms with Crippen LogP contribution in [0.2, 0.25) is 0 Å². The first-order valence-corrected chi connectivity index (χ1v) is 9.29. The van der Waals surface area contributed by atoms with Crippen LogP contribution in [0.4, 0.5) is 5.69 Å². The average Bonchev–Trinajstić information content (AvgIpc) is 3.00. The summed E-state index contributed by atoms with van der Waals surface area (Å²) in [7, 11) is 1.98. The molecule has 3 rings (SSSR count). The van der Waals surface area contributed by atoms with E-state index in [1.807, 2.05) is 49.0 Å². The average molecular weight is 384 g/mol. The second kappa shape index (κ2) is 7.53. The largest absolute Gasteiger partial charge is 0.350 e. The molecule has 0 bridgehead atoms. The number of Topliss-reactive ketones (excluding diaryl/α,β-unsaturated/α-hetero) is 1. The van der Waals surface area contributed by atoms with E-state index in [9.17, 15) is 9.59 Å². The molecule has 0 radical (unpaired) electrons. The Morgan fingerprint density at radius 1 is 1.30 bits per heavy atom. The maximum atomic E-state index is 12.5. The maximum absolute atomic E-state index is 12.5. The summed E-state index contributed by atoms with van der Waals surface area (Å²) in [5.41, 5.74) is 3.25. The Kier molecular flexibility index (Phi) is 5.33. The van der Waals surface area contributed by atoms with E-state index in [0.29, 0.717) is 17.7 Å². The van der Waals surface area contributed by atoms with E-state index in [2.05, 4.69) is 5.32 Å². The van der Waals surface area contributed by atoms with Gasteiger partial charge in [-0.3, -0.25) is 9.59 Å². The van der Waals surface area contributed by atoms with Gasteiger partial charge in [-0.05, 0) is 36.1 Å². The van der Waals surface area contributed by atoms with Crippen LogP contribution in [-0.2, 0) is 16.6 Å². The summed E-state index contributed by atoms with van der Waals surface area (Å²) in [6.45, 7) is 5.46. The highest BCUT2D eigenvalue weighted by Crippen LogP contribution is 2.28. The Morgan fingerprint density at radius 3 is 2.70 bits per heavy atom. The van der Waals surface area contributed by atoms with Gasteiger partial charge < -0.3 is 9.88 Å². The number of aromatic nitrogens is 1. The minimum Gasteiger partial charge on any atom is -0.350 e. The van der Waals surface area contributed by atoms with Gasteiger partial charge in [-0.15, -0.1) is 0 Å². The van der Waals surface area contributed by atoms with Crippen LogP contribution in [-0.4, -0.2) is 22.0 Å². The molecule has 1 aromatic heterocycles. The van der Waals surface area contributed by atoms with Crippen molar-refractivity contribution >= 4 is 45.6 Å². The Balaban J connectivity index is 2.06. The predicted molar refractivity (Wildman–Crippen MR) is 109 cm³/mol. The van der Waals surface area contributed by atoms with Crippen LogP contribution < -0.4 is 5.32 Å². The molecule has 27 heavy (non-hydrogen) atoms. The molecule has 5 nitrogen and oxygen atoms in total. The normalized spacial score (nSPS) is 16.4. The Bertz CT molecular complexity index is 1030. The maximum Gasteiger partial charge on any atom is 0.227 e. The number of aryl methyl sites for hydroxylation is 1. The number of nitrogens with one attached hydrogen (secondary N) is 1. The summed E-state index contributed by atoms with van der Waals surface area (Å²) in [5, 5.41) is 3.90. The molecule has 0 aliphatic heterocycles. The van der Waals surface area contributed by atoms with E-state index >= 15 is 0 Å². The van der Waals surface area contributed by atoms with Crippen molar-refractivity contribution in [1.82, 2.24) is 9.88 Å². The highest BCUT2D eigenvalue weighted by molar-refractivity contribution is 6.49. The fourth-order valence-electron chi connectivity index (χ4n) is 2.92. The lowest BCUT2D eigenvalue weighted by Crippen LogP contribution is -2.33. The van der Waals surface area contributed by atoms with E-state index < -0.39 is 0 Å². The number of rotatable bonds is 4. The topological polar surface area (TPSA) is 63.5 Å². The van der Waals surface area contributed by atoms with Crippen molar-refractivity contribution in [2.75, 3.05) is 0 Å². The van der Waals surface area contributed by atoms with E-state index in [4.69, 9.17) is 16.6 Å². The van der Waals surface area contributed by atoms with Crippen molar-refractivity contribution in [3.63, 3.8) is 0 Å². The van der Waals surface area contributed by atoms with Gasteiger partial charge in [0.2, 0.25) is 11.7 Å². The molecule has 0 spiro atoms. The van der Waals surface area contributed by atoms with Crippen LogP contribution in [0, 0.1) is 5.92 Å². The molecule has 1 heterocycles. The molecule has 0 atom stereocenters. The van der Waals surface area contributed by atoms with Gasteiger partial charge in [0.1, 0.15) is 0 Å². The summed E-state index contributed by atoms with van der Waals surface area (Å²) in [6.07, 6.45) is 4.18. The molecule has 0 fully saturated rings. The lowest BCUT2D eigenvalue weighted by molar-refractivity contribution is -0.124. The molecule has 0 saturated heterocycles. The first kappa shape index (κ1) is 19.1. The van der Waals surface area contributed by atoms with Crippen molar-refractivity contribution in [3.8, 4) is 0 Å². The monoisotopic (exact) mass is 383 g/mol. The van der Waals surface area contributed by atoms with Crippen LogP contribution in [0.25, 0.3) is 10.9 Å². The van der Waals surface area contributed by atoms with Gasteiger partial charge in [-0.1, -0.05) is 38.4 Å². The van der Waals surface area contributed by atoms with Gasteiger partial charge in [0, 0.05) is 30.3 Å². The van der Waals surface area contributed by atoms with Gasteiger partial charge in [-0.2, -0.15) is 0 Å². The minimum atomic E-state index is -0.376. The molecule has 1 aromatic carbocycles. The van der Waals surface area contributed by atoms with Gasteiger partial charge >= 0.3 is 0 Å². The van der Waals surface area contributed by atoms with Crippen molar-refractivity contribution in [3.05, 3.63) is 52.8 Å². The van der Waals surface area contributed by atoms with E-state index in [-0.39, 0.29) is 28.3 Å². The van der Waals surface area contributed by atoms with Gasteiger partial charge in [-0.25, -0.2) is 4.99 Å². The zero-order valence-corrected chi connectivity index (χ0v) is 16.6. The predicted octanol–water partition coefficient (Wildman–Crippen LogP) is 4.39. The number of fused-ring (bicyclic) bond motifs is 1. The number of aliphatic imine (C=N–C) groups is 1. The number of ketones is 1. The highest BCUT2D eigenvalue weighted by atomic mass is 35.5. The quantitative estimate of drug-likeness (QED) is 0.795. The van der Waals surface area contributed by atoms with Gasteiger partial charge in [0.05, 0.1) is 22.1 Å². The summed E-state index contributed by atoms with van der Waals surface area (Å²) in [4.78, 5) is 29.2. The summed E-state index contributed by atoms with van der Waals surface area (Å²) in [5.74, 6) is -0.850. The molecular formula is C21H22ClN3O2. The van der Waals surface area contributed by atoms with Gasteiger partial charge in [0.25, 0.3) is 0 Å². The number of amides is 1. The first-order valence-electron chi connectivity index (χ1n) is 8.91. The third kappa shape index (κ3) is 3.74. The molecule has 1 N–H and O–H groups in total. The van der Waals surface area contributed by atoms with E-state index in [1.165, 1.54) is 0 Å². The number of benzene rings is 1. The standard InChI is InChI=1S/C21H22ClN3O2/c1-5-15-16(11-17(20(26)19(15)22)24-21(27)12(2)3)23-14-7-6-13-8-9-25(4)18(13)10-14/h6-12H,5H2,1-4H3,(H,24,27). The molecular weight excluding hydrogens is 362 g/mol. The van der Waals surface area contributed by atoms with E-state index in [1.54, 1.807) is 19.9 Å². The third-order valence-electron chi connectivity index (χ3n) is 4.56. The van der Waals surface area contributed by atoms with Crippen molar-refractivity contribution in [2.45, 2.75) is 27.2 Å². The number of nitrogens with zero attached hydrogens (tertiary/aromatic N) is 2. The lowest BCUT2D eigenvalue weighted by atomic mass is 9.97. The second-order valence-corrected chi connectivity index (χ2v) is 7.22. The van der Waals surface area contributed by atoms with Crippen molar-refractivity contribution in [1.29, 1.82) is 0 Å². The van der Waals surface area contributed by atoms with Gasteiger partial charge in [0.15, 0.2) is 0 Å². The molecule has 1 aliphatic rings. The van der Waals surface area contributed by atoms with Crippen molar-refractivity contribution in [2.24, 2.45) is 18.0 Å². The number of allylic oxidation sites excluding steroid dienone is 3. The van der Waals surface area contributed by atoms with Crippen LogP contribution in [0.15, 0.2) is 57.8 Å². The third-order valence-corrected chi connectivity index (χ3v) is 4.96. The number of carbonyl (C=O) groups is 2. The molecule has 1 aliphatic carbocycles. The minimum absolute atomic E-state index is 0.109. The lowest BCUT2D eigenvalue weighted by Gasteiger charge is -2.18. The van der Waals surface area contributed by atoms with Crippen LogP contribution in [0.3, 0.4) is 0 Å². The van der Waals surface area contributed by atoms with E-state index in [0.717, 1.165) is 16.6 Å². The summed E-state index contributed by atoms with van der Waals surface area (Å²) >= 11 is 6.31. The van der Waals surface area contributed by atoms with Crippen LogP contribution in [0.1, 0.15) is 27.2 Å². The molecule has 0 unspecified atom stereocenters. The Labute approximate surface area is 163 Å². The first-order chi connectivity index (χ1) is 12.8. The summed E-state index contributed by atoms with van der Waals surface area (Å²) in [6, 6.07) is 7.96. The van der Waals surface area contributed by atoms with Crippen LogP contribution in [0.5, 0.6) is 0 Å². The number of carbonyl (C=O) groups excluding carboxylic acids is 2. The fraction of sp³-hybridized carbons (Fsp3) is 0.286. The summed E-state index contributed by atoms with van der Waals surface area (Å²) < 4.78 is 2.02.